The number of nitrogens with zero attached hydrogens (tertiary/aromatic N) is 1. The quantitative estimate of drug-likeness (QED) is 0.771. The molecule has 1 aromatic heterocycles. The van der Waals surface area contributed by atoms with Gasteiger partial charge >= 0.3 is 0 Å². The number of pyridine rings is 1. The van der Waals surface area contributed by atoms with Crippen LogP contribution in [0.4, 0.5) is 0 Å². The highest BCUT2D eigenvalue weighted by Crippen LogP contribution is 2.24. The zero-order chi connectivity index (χ0) is 9.84. The average molecular weight is 181 g/mol. The summed E-state index contributed by atoms with van der Waals surface area (Å²) < 4.78 is 5.08. The summed E-state index contributed by atoms with van der Waals surface area (Å²) in [7, 11) is 1.58. The van der Waals surface area contributed by atoms with Crippen LogP contribution in [0.15, 0.2) is 12.3 Å². The largest absolute Gasteiger partial charge is 0.495 e. The SMILES string of the molecule is CCc1cc(C(C)O)c(OC)cn1. The van der Waals surface area contributed by atoms with Crippen molar-refractivity contribution in [1.82, 2.24) is 4.98 Å². The van der Waals surface area contributed by atoms with Crippen molar-refractivity contribution < 1.29 is 9.84 Å². The molecule has 0 saturated heterocycles. The number of hydrogen-bond acceptors (Lipinski definition) is 3. The third-order valence-corrected chi connectivity index (χ3v) is 1.99. The summed E-state index contributed by atoms with van der Waals surface area (Å²) >= 11 is 0. The Kier molecular flexibility index (Phi) is 3.25. The minimum absolute atomic E-state index is 0.511. The summed E-state index contributed by atoms with van der Waals surface area (Å²) in [5.41, 5.74) is 1.77. The van der Waals surface area contributed by atoms with Gasteiger partial charge in [0.15, 0.2) is 0 Å². The van der Waals surface area contributed by atoms with Crippen LogP contribution in [0.5, 0.6) is 5.75 Å². The smallest absolute Gasteiger partial charge is 0.142 e. The van der Waals surface area contributed by atoms with Crippen molar-refractivity contribution in [3.05, 3.63) is 23.5 Å². The third-order valence-electron chi connectivity index (χ3n) is 1.99. The average Bonchev–Trinajstić information content (AvgIpc) is 2.16. The Balaban J connectivity index is 3.10. The number of aliphatic hydroxyl groups excluding tert-OH is 1. The molecule has 0 saturated carbocycles. The Morgan fingerprint density at radius 1 is 1.62 bits per heavy atom. The van der Waals surface area contributed by atoms with E-state index in [-0.39, 0.29) is 0 Å². The second-order valence-electron chi connectivity index (χ2n) is 2.95. The standard InChI is InChI=1S/C10H15NO2/c1-4-8-5-9(7(2)12)10(13-3)6-11-8/h5-7,12H,4H2,1-3H3. The van der Waals surface area contributed by atoms with Crippen LogP contribution in [0, 0.1) is 0 Å². The van der Waals surface area contributed by atoms with E-state index in [1.165, 1.54) is 0 Å². The van der Waals surface area contributed by atoms with E-state index in [1.807, 2.05) is 13.0 Å². The van der Waals surface area contributed by atoms with Crippen LogP contribution in [0.1, 0.15) is 31.2 Å². The summed E-state index contributed by atoms with van der Waals surface area (Å²) in [5, 5.41) is 9.45. The van der Waals surface area contributed by atoms with Gasteiger partial charge in [-0.3, -0.25) is 4.98 Å². The fourth-order valence-electron chi connectivity index (χ4n) is 1.19. The molecule has 0 aliphatic heterocycles. The Morgan fingerprint density at radius 2 is 2.31 bits per heavy atom. The molecule has 3 heteroatoms. The molecule has 0 aliphatic rings. The molecule has 72 valence electrons. The van der Waals surface area contributed by atoms with Gasteiger partial charge in [0, 0.05) is 11.3 Å². The summed E-state index contributed by atoms with van der Waals surface area (Å²) in [6.45, 7) is 3.75. The van der Waals surface area contributed by atoms with Crippen molar-refractivity contribution in [2.75, 3.05) is 7.11 Å². The molecule has 1 rings (SSSR count). The van der Waals surface area contributed by atoms with Crippen LogP contribution in [0.2, 0.25) is 0 Å². The predicted molar refractivity (Wildman–Crippen MR) is 50.8 cm³/mol. The Hall–Kier alpha value is -1.09. The highest BCUT2D eigenvalue weighted by Gasteiger charge is 2.09. The van der Waals surface area contributed by atoms with Gasteiger partial charge in [0.25, 0.3) is 0 Å². The van der Waals surface area contributed by atoms with Gasteiger partial charge in [-0.05, 0) is 19.4 Å². The molecule has 0 aromatic carbocycles. The Labute approximate surface area is 78.4 Å². The topological polar surface area (TPSA) is 42.4 Å². The van der Waals surface area contributed by atoms with Gasteiger partial charge < -0.3 is 9.84 Å². The fraction of sp³-hybridized carbons (Fsp3) is 0.500. The summed E-state index contributed by atoms with van der Waals surface area (Å²) in [6, 6.07) is 1.88. The molecule has 1 atom stereocenters. The van der Waals surface area contributed by atoms with Crippen LogP contribution in [-0.4, -0.2) is 17.2 Å². The van der Waals surface area contributed by atoms with E-state index >= 15 is 0 Å². The van der Waals surface area contributed by atoms with Gasteiger partial charge in [0.05, 0.1) is 19.4 Å². The zero-order valence-electron chi connectivity index (χ0n) is 8.24. The van der Waals surface area contributed by atoms with E-state index in [9.17, 15) is 5.11 Å². The van der Waals surface area contributed by atoms with E-state index in [2.05, 4.69) is 4.98 Å². The Morgan fingerprint density at radius 3 is 2.77 bits per heavy atom. The van der Waals surface area contributed by atoms with Crippen LogP contribution in [0.3, 0.4) is 0 Å². The lowest BCUT2D eigenvalue weighted by Gasteiger charge is -2.11. The molecule has 0 aliphatic carbocycles. The molecule has 0 fully saturated rings. The molecular formula is C10H15NO2. The molecule has 0 spiro atoms. The van der Waals surface area contributed by atoms with Crippen LogP contribution < -0.4 is 4.74 Å². The second-order valence-corrected chi connectivity index (χ2v) is 2.95. The molecule has 1 heterocycles. The normalized spacial score (nSPS) is 12.6. The monoisotopic (exact) mass is 181 g/mol. The maximum absolute atomic E-state index is 9.45. The van der Waals surface area contributed by atoms with Crippen LogP contribution in [0.25, 0.3) is 0 Å². The van der Waals surface area contributed by atoms with Crippen LogP contribution >= 0.6 is 0 Å². The fourth-order valence-corrected chi connectivity index (χ4v) is 1.19. The van der Waals surface area contributed by atoms with Gasteiger partial charge in [-0.15, -0.1) is 0 Å². The first-order valence-corrected chi connectivity index (χ1v) is 4.40. The summed E-state index contributed by atoms with van der Waals surface area (Å²) in [6.07, 6.45) is 2.01. The molecule has 1 aromatic rings. The van der Waals surface area contributed by atoms with Gasteiger partial charge in [-0.25, -0.2) is 0 Å². The van der Waals surface area contributed by atoms with Gasteiger partial charge in [0.1, 0.15) is 5.75 Å². The van der Waals surface area contributed by atoms with E-state index in [4.69, 9.17) is 4.74 Å². The minimum atomic E-state index is -0.511. The first-order valence-electron chi connectivity index (χ1n) is 4.40. The molecule has 13 heavy (non-hydrogen) atoms. The molecule has 0 radical (unpaired) electrons. The molecule has 1 N–H and O–H groups in total. The predicted octanol–water partition coefficient (Wildman–Crippen LogP) is 1.71. The second kappa shape index (κ2) is 4.23. The van der Waals surface area contributed by atoms with Gasteiger partial charge in [-0.2, -0.15) is 0 Å². The van der Waals surface area contributed by atoms with E-state index in [0.717, 1.165) is 17.7 Å². The molecule has 1 unspecified atom stereocenters. The number of aryl methyl sites for hydroxylation is 1. The van der Waals surface area contributed by atoms with Crippen molar-refractivity contribution in [3.63, 3.8) is 0 Å². The van der Waals surface area contributed by atoms with Gasteiger partial charge in [-0.1, -0.05) is 6.92 Å². The number of methoxy groups -OCH3 is 1. The maximum atomic E-state index is 9.45. The number of rotatable bonds is 3. The number of aromatic nitrogens is 1. The maximum Gasteiger partial charge on any atom is 0.142 e. The molecular weight excluding hydrogens is 166 g/mol. The first-order chi connectivity index (χ1) is 6.19. The van der Waals surface area contributed by atoms with Crippen molar-refractivity contribution in [2.45, 2.75) is 26.4 Å². The minimum Gasteiger partial charge on any atom is -0.495 e. The van der Waals surface area contributed by atoms with E-state index < -0.39 is 6.10 Å². The van der Waals surface area contributed by atoms with Crippen molar-refractivity contribution in [3.8, 4) is 5.75 Å². The number of hydrogen-bond donors (Lipinski definition) is 1. The molecule has 3 nitrogen and oxygen atoms in total. The zero-order valence-corrected chi connectivity index (χ0v) is 8.24. The van der Waals surface area contributed by atoms with Crippen molar-refractivity contribution >= 4 is 0 Å². The highest BCUT2D eigenvalue weighted by molar-refractivity contribution is 5.34. The molecule has 0 bridgehead atoms. The summed E-state index contributed by atoms with van der Waals surface area (Å²) in [4.78, 5) is 4.17. The highest BCUT2D eigenvalue weighted by atomic mass is 16.5. The molecule has 0 amide bonds. The van der Waals surface area contributed by atoms with E-state index in [0.29, 0.717) is 5.75 Å². The van der Waals surface area contributed by atoms with Crippen molar-refractivity contribution in [2.24, 2.45) is 0 Å². The summed E-state index contributed by atoms with van der Waals surface area (Å²) in [5.74, 6) is 0.646. The third kappa shape index (κ3) is 2.18. The lowest BCUT2D eigenvalue weighted by molar-refractivity contribution is 0.194. The first kappa shape index (κ1) is 9.99. The Bertz CT molecular complexity index is 284. The van der Waals surface area contributed by atoms with E-state index in [1.54, 1.807) is 20.2 Å². The van der Waals surface area contributed by atoms with Crippen LogP contribution in [-0.2, 0) is 6.42 Å². The lowest BCUT2D eigenvalue weighted by Crippen LogP contribution is -1.99. The lowest BCUT2D eigenvalue weighted by atomic mass is 10.1. The number of ether oxygens (including phenoxy) is 1. The van der Waals surface area contributed by atoms with Crippen molar-refractivity contribution in [1.29, 1.82) is 0 Å². The van der Waals surface area contributed by atoms with Gasteiger partial charge in [0.2, 0.25) is 0 Å². The number of aliphatic hydroxyl groups is 1.